The van der Waals surface area contributed by atoms with E-state index in [1.165, 1.54) is 4.91 Å². The first-order valence-electron chi connectivity index (χ1n) is 4.15. The van der Waals surface area contributed by atoms with E-state index in [2.05, 4.69) is 26.2 Å². The van der Waals surface area contributed by atoms with E-state index < -0.39 is 0 Å². The summed E-state index contributed by atoms with van der Waals surface area (Å²) < 4.78 is 0. The summed E-state index contributed by atoms with van der Waals surface area (Å²) in [4.78, 5) is 1.45. The monoisotopic (exact) mass is 434 g/mol. The molecular formula is C6H10S11. The lowest BCUT2D eigenvalue weighted by atomic mass is 9.97. The molecule has 0 aromatic heterocycles. The second kappa shape index (κ2) is 11.2. The highest BCUT2D eigenvalue weighted by molar-refractivity contribution is 9.54. The Labute approximate surface area is 144 Å². The molecule has 1 heterocycles. The Kier molecular flexibility index (Phi) is 12.3. The van der Waals surface area contributed by atoms with Crippen LogP contribution in [0.15, 0.2) is 10.3 Å². The lowest BCUT2D eigenvalue weighted by molar-refractivity contribution is 0.535. The summed E-state index contributed by atoms with van der Waals surface area (Å²) in [5.74, 6) is 0. The van der Waals surface area contributed by atoms with Crippen LogP contribution in [-0.4, -0.2) is 0 Å². The van der Waals surface area contributed by atoms with E-state index in [-0.39, 0.29) is 5.41 Å². The molecule has 0 saturated carbocycles. The van der Waals surface area contributed by atoms with Crippen molar-refractivity contribution in [2.24, 2.45) is 5.41 Å². The van der Waals surface area contributed by atoms with E-state index in [0.29, 0.717) is 0 Å². The second-order valence-corrected chi connectivity index (χ2v) is 21.6. The van der Waals surface area contributed by atoms with Gasteiger partial charge in [0, 0.05) is 4.91 Å². The van der Waals surface area contributed by atoms with Gasteiger partial charge in [-0.3, -0.25) is 0 Å². The SMILES string of the molecule is CC(C)(C)/C1=C/SSSSSSSSSSS1. The predicted molar refractivity (Wildman–Crippen MR) is 111 cm³/mol. The van der Waals surface area contributed by atoms with Gasteiger partial charge in [-0.1, -0.05) is 31.6 Å². The van der Waals surface area contributed by atoms with Crippen LogP contribution in [0.3, 0.4) is 0 Å². The Morgan fingerprint density at radius 1 is 0.706 bits per heavy atom. The quantitative estimate of drug-likeness (QED) is 0.335. The Morgan fingerprint density at radius 3 is 1.71 bits per heavy atom. The van der Waals surface area contributed by atoms with Crippen LogP contribution in [-0.2, 0) is 0 Å². The van der Waals surface area contributed by atoms with E-state index in [0.717, 1.165) is 0 Å². The molecule has 0 saturated heterocycles. The van der Waals surface area contributed by atoms with Crippen LogP contribution < -0.4 is 0 Å². The highest BCUT2D eigenvalue weighted by Gasteiger charge is 2.18. The van der Waals surface area contributed by atoms with Gasteiger partial charge >= 0.3 is 0 Å². The third-order valence-corrected chi connectivity index (χ3v) is 23.2. The fraction of sp³-hybridized carbons (Fsp3) is 0.667. The van der Waals surface area contributed by atoms with Crippen LogP contribution in [0.25, 0.3) is 0 Å². The van der Waals surface area contributed by atoms with Gasteiger partial charge in [-0.25, -0.2) is 0 Å². The van der Waals surface area contributed by atoms with Gasteiger partial charge in [0.2, 0.25) is 0 Å². The molecule has 0 aromatic carbocycles. The Balaban J connectivity index is 2.48. The zero-order valence-corrected chi connectivity index (χ0v) is 18.0. The number of hydrogen-bond donors (Lipinski definition) is 0. The summed E-state index contributed by atoms with van der Waals surface area (Å²) >= 11 is 0. The number of allylic oxidation sites excluding steroid dienone is 1. The molecule has 1 aliphatic heterocycles. The lowest BCUT2D eigenvalue weighted by Crippen LogP contribution is -2.05. The molecule has 0 radical (unpaired) electrons. The molecule has 100 valence electrons. The number of rotatable bonds is 0. The van der Waals surface area contributed by atoms with Gasteiger partial charge in [0.05, 0.1) is 0 Å². The molecule has 0 atom stereocenters. The molecule has 1 rings (SSSR count). The fourth-order valence-electron chi connectivity index (χ4n) is 0.531. The van der Waals surface area contributed by atoms with Crippen molar-refractivity contribution >= 4 is 110 Å². The van der Waals surface area contributed by atoms with Crippen LogP contribution in [0.5, 0.6) is 0 Å². The smallest absolute Gasteiger partial charge is 0.00920 e. The molecule has 0 aliphatic carbocycles. The maximum absolute atomic E-state index is 2.30. The maximum Gasteiger partial charge on any atom is 0.00920 e. The molecule has 11 heteroatoms. The largest absolute Gasteiger partial charge is 0.0555 e. The van der Waals surface area contributed by atoms with Crippen molar-refractivity contribution in [1.82, 2.24) is 0 Å². The standard InChI is InChI=1S/C6H10S11/c1-6(2,3)5-4-7-9-11-13-15-17-16-14-12-10-8-5/h4H,1-3H3/b5-4-. The molecule has 0 N–H and O–H groups in total. The molecule has 0 bridgehead atoms. The second-order valence-electron chi connectivity index (χ2n) is 3.52. The van der Waals surface area contributed by atoms with Crippen molar-refractivity contribution in [1.29, 1.82) is 0 Å². The minimum absolute atomic E-state index is 0.241. The van der Waals surface area contributed by atoms with Crippen molar-refractivity contribution in [2.75, 3.05) is 0 Å². The third kappa shape index (κ3) is 10.0. The highest BCUT2D eigenvalue weighted by atomic mass is 34.0. The van der Waals surface area contributed by atoms with E-state index in [1.54, 1.807) is 0 Å². The molecule has 17 heavy (non-hydrogen) atoms. The Bertz CT molecular complexity index is 233. The Morgan fingerprint density at radius 2 is 1.18 bits per heavy atom. The maximum atomic E-state index is 2.30. The fourth-order valence-corrected chi connectivity index (χ4v) is 26.2. The molecule has 1 aliphatic rings. The minimum atomic E-state index is 0.241. The van der Waals surface area contributed by atoms with Crippen molar-refractivity contribution in [2.45, 2.75) is 20.8 Å². The molecule has 0 unspecified atom stereocenters. The topological polar surface area (TPSA) is 0 Å². The first-order chi connectivity index (χ1) is 8.11. The lowest BCUT2D eigenvalue weighted by Gasteiger charge is -2.21. The minimum Gasteiger partial charge on any atom is -0.0555 e. The van der Waals surface area contributed by atoms with E-state index in [4.69, 9.17) is 0 Å². The molecule has 0 spiro atoms. The molecule has 0 fully saturated rings. The van der Waals surface area contributed by atoms with Crippen molar-refractivity contribution in [3.63, 3.8) is 0 Å². The molecule has 0 aromatic rings. The highest BCUT2D eigenvalue weighted by Crippen LogP contribution is 2.63. The van der Waals surface area contributed by atoms with Crippen LogP contribution in [0, 0.1) is 5.41 Å². The van der Waals surface area contributed by atoms with Gasteiger partial charge in [-0.15, -0.1) is 0 Å². The first-order valence-corrected chi connectivity index (χ1v) is 18.4. The van der Waals surface area contributed by atoms with Gasteiger partial charge in [-0.05, 0) is 110 Å². The van der Waals surface area contributed by atoms with Crippen molar-refractivity contribution in [3.8, 4) is 0 Å². The summed E-state index contributed by atoms with van der Waals surface area (Å²) in [6.07, 6.45) is 0. The summed E-state index contributed by atoms with van der Waals surface area (Å²) in [7, 11) is 20.3. The summed E-state index contributed by atoms with van der Waals surface area (Å²) in [5.41, 5.74) is 0.241. The van der Waals surface area contributed by atoms with Gasteiger partial charge in [0.25, 0.3) is 0 Å². The summed E-state index contributed by atoms with van der Waals surface area (Å²) in [5, 5.41) is 2.30. The van der Waals surface area contributed by atoms with Gasteiger partial charge in [-0.2, -0.15) is 0 Å². The van der Waals surface area contributed by atoms with Crippen molar-refractivity contribution < 1.29 is 0 Å². The van der Waals surface area contributed by atoms with Crippen LogP contribution in [0.4, 0.5) is 0 Å². The predicted octanol–water partition coefficient (Wildman–Crippen LogP) is 9.10. The third-order valence-electron chi connectivity index (χ3n) is 1.28. The zero-order valence-electron chi connectivity index (χ0n) is 9.07. The zero-order chi connectivity index (χ0) is 12.6. The van der Waals surface area contributed by atoms with Crippen LogP contribution in [0.1, 0.15) is 20.8 Å². The van der Waals surface area contributed by atoms with Gasteiger partial charge < -0.3 is 0 Å². The van der Waals surface area contributed by atoms with Crippen molar-refractivity contribution in [3.05, 3.63) is 10.3 Å². The average molecular weight is 435 g/mol. The first kappa shape index (κ1) is 18.6. The summed E-state index contributed by atoms with van der Waals surface area (Å²) in [6.45, 7) is 6.82. The van der Waals surface area contributed by atoms with Gasteiger partial charge in [0.15, 0.2) is 0 Å². The Hall–Kier alpha value is 3.59. The summed E-state index contributed by atoms with van der Waals surface area (Å²) in [6, 6.07) is 0. The van der Waals surface area contributed by atoms with E-state index in [9.17, 15) is 0 Å². The van der Waals surface area contributed by atoms with Crippen LogP contribution in [0.2, 0.25) is 0 Å². The molecular weight excluding hydrogens is 425 g/mol. The normalized spacial score (nSPS) is 25.0. The van der Waals surface area contributed by atoms with E-state index in [1.807, 2.05) is 110 Å². The van der Waals surface area contributed by atoms with E-state index >= 15 is 0 Å². The molecule has 0 amide bonds. The number of hydrogen-bond acceptors (Lipinski definition) is 11. The van der Waals surface area contributed by atoms with Crippen LogP contribution >= 0.6 is 110 Å². The average Bonchev–Trinajstić information content (AvgIpc) is 2.27. The van der Waals surface area contributed by atoms with Gasteiger partial charge in [0.1, 0.15) is 0 Å². The molecule has 0 nitrogen and oxygen atoms in total.